The number of nitrogens with zero attached hydrogens (tertiary/aromatic N) is 2. The minimum atomic E-state index is -0.177. The van der Waals surface area contributed by atoms with Gasteiger partial charge in [-0.25, -0.2) is 0 Å². The molecule has 2 nitrogen and oxygen atoms in total. The van der Waals surface area contributed by atoms with Crippen LogP contribution in [-0.2, 0) is 5.41 Å². The Bertz CT molecular complexity index is 3170. The van der Waals surface area contributed by atoms with Gasteiger partial charge in [0.25, 0.3) is 0 Å². The van der Waals surface area contributed by atoms with Gasteiger partial charge < -0.3 is 9.47 Å². The van der Waals surface area contributed by atoms with Crippen LogP contribution in [0.2, 0.25) is 0 Å². The summed E-state index contributed by atoms with van der Waals surface area (Å²) >= 11 is 0. The minimum absolute atomic E-state index is 0.177. The molecule has 1 aromatic heterocycles. The fourth-order valence-electron chi connectivity index (χ4n) is 9.57. The molecule has 1 aliphatic rings. The number of anilines is 3. The molecule has 0 spiro atoms. The van der Waals surface area contributed by atoms with Crippen LogP contribution in [0.4, 0.5) is 17.1 Å². The van der Waals surface area contributed by atoms with Crippen LogP contribution in [-0.4, -0.2) is 4.57 Å². The summed E-state index contributed by atoms with van der Waals surface area (Å²) in [5.74, 6) is 0. The van der Waals surface area contributed by atoms with Crippen molar-refractivity contribution in [2.75, 3.05) is 4.90 Å². The quantitative estimate of drug-likeness (QED) is 0.157. The Morgan fingerprint density at radius 3 is 1.73 bits per heavy atom. The maximum atomic E-state index is 2.46. The van der Waals surface area contributed by atoms with Crippen molar-refractivity contribution in [2.24, 2.45) is 0 Å². The molecule has 1 aliphatic carbocycles. The summed E-state index contributed by atoms with van der Waals surface area (Å²) < 4.78 is 2.39. The summed E-state index contributed by atoms with van der Waals surface area (Å²) in [6, 6.07) is 79.8. The Labute approximate surface area is 345 Å². The van der Waals surface area contributed by atoms with Crippen LogP contribution < -0.4 is 4.90 Å². The van der Waals surface area contributed by atoms with E-state index in [-0.39, 0.29) is 5.41 Å². The maximum Gasteiger partial charge on any atom is 0.0547 e. The van der Waals surface area contributed by atoms with Crippen LogP contribution in [0.1, 0.15) is 25.0 Å². The molecule has 0 radical (unpaired) electrons. The highest BCUT2D eigenvalue weighted by Crippen LogP contribution is 2.54. The SMILES string of the molecule is CC1(C)c2ccccc2-c2cccc(N(c3ccc(-c4ccccc4)cc3)c3cccc(-c4cccc(-c5ccc6c7ccccc7n(-c7ccccc7)c6c5)c4)c3)c21. The summed E-state index contributed by atoms with van der Waals surface area (Å²) in [6.07, 6.45) is 0. The molecule has 11 rings (SSSR count). The molecule has 2 heteroatoms. The number of hydrogen-bond acceptors (Lipinski definition) is 1. The van der Waals surface area contributed by atoms with Crippen molar-refractivity contribution >= 4 is 38.9 Å². The highest BCUT2D eigenvalue weighted by molar-refractivity contribution is 6.10. The molecule has 9 aromatic carbocycles. The minimum Gasteiger partial charge on any atom is -0.310 e. The van der Waals surface area contributed by atoms with E-state index in [9.17, 15) is 0 Å². The summed E-state index contributed by atoms with van der Waals surface area (Å²) in [5.41, 5.74) is 19.3. The van der Waals surface area contributed by atoms with Crippen molar-refractivity contribution in [1.82, 2.24) is 4.57 Å². The molecule has 0 saturated heterocycles. The second-order valence-corrected chi connectivity index (χ2v) is 16.2. The van der Waals surface area contributed by atoms with Gasteiger partial charge in [-0.3, -0.25) is 0 Å². The third kappa shape index (κ3) is 5.79. The molecule has 59 heavy (non-hydrogen) atoms. The first-order valence-electron chi connectivity index (χ1n) is 20.5. The lowest BCUT2D eigenvalue weighted by molar-refractivity contribution is 0.661. The van der Waals surface area contributed by atoms with Gasteiger partial charge in [0.1, 0.15) is 0 Å². The first-order valence-corrected chi connectivity index (χ1v) is 20.5. The van der Waals surface area contributed by atoms with Gasteiger partial charge in [-0.15, -0.1) is 0 Å². The van der Waals surface area contributed by atoms with Crippen LogP contribution in [0.3, 0.4) is 0 Å². The number of benzene rings is 9. The second kappa shape index (κ2) is 13.9. The number of aromatic nitrogens is 1. The van der Waals surface area contributed by atoms with E-state index < -0.39 is 0 Å². The summed E-state index contributed by atoms with van der Waals surface area (Å²) in [5, 5.41) is 2.52. The van der Waals surface area contributed by atoms with E-state index in [4.69, 9.17) is 0 Å². The molecule has 280 valence electrons. The van der Waals surface area contributed by atoms with E-state index >= 15 is 0 Å². The normalized spacial score (nSPS) is 12.7. The molecule has 0 fully saturated rings. The zero-order valence-corrected chi connectivity index (χ0v) is 33.2. The Morgan fingerprint density at radius 2 is 0.932 bits per heavy atom. The van der Waals surface area contributed by atoms with E-state index in [1.807, 2.05) is 0 Å². The largest absolute Gasteiger partial charge is 0.310 e. The molecular formula is C57H42N2. The molecule has 0 atom stereocenters. The standard InChI is InChI=1S/C57H42N2/c1-57(2)52-27-11-9-24-48(52)51-26-15-29-54(56(51)57)58(46-33-30-40(31-34-46)39-16-5-3-6-17-39)47-23-14-20-43(37-47)41-18-13-19-42(36-41)44-32-35-50-49-25-10-12-28-53(49)59(55(50)38-44)45-21-7-4-8-22-45/h3-38H,1-2H3. The van der Waals surface area contributed by atoms with Gasteiger partial charge in [-0.2, -0.15) is 0 Å². The lowest BCUT2D eigenvalue weighted by Gasteiger charge is -2.32. The van der Waals surface area contributed by atoms with Crippen LogP contribution in [0, 0.1) is 0 Å². The highest BCUT2D eigenvalue weighted by atomic mass is 15.1. The van der Waals surface area contributed by atoms with Gasteiger partial charge in [0, 0.05) is 33.2 Å². The van der Waals surface area contributed by atoms with E-state index in [1.54, 1.807) is 0 Å². The topological polar surface area (TPSA) is 8.17 Å². The third-order valence-corrected chi connectivity index (χ3v) is 12.4. The maximum absolute atomic E-state index is 2.46. The van der Waals surface area contributed by atoms with Gasteiger partial charge in [0.2, 0.25) is 0 Å². The molecule has 0 bridgehead atoms. The van der Waals surface area contributed by atoms with Crippen molar-refractivity contribution in [1.29, 1.82) is 0 Å². The molecule has 0 aliphatic heterocycles. The lowest BCUT2D eigenvalue weighted by atomic mass is 9.81. The van der Waals surface area contributed by atoms with Gasteiger partial charge >= 0.3 is 0 Å². The Hall–Kier alpha value is -7.42. The van der Waals surface area contributed by atoms with Crippen molar-refractivity contribution in [2.45, 2.75) is 19.3 Å². The Balaban J connectivity index is 1.03. The summed E-state index contributed by atoms with van der Waals surface area (Å²) in [6.45, 7) is 4.74. The van der Waals surface area contributed by atoms with Gasteiger partial charge in [0.05, 0.1) is 16.7 Å². The first-order chi connectivity index (χ1) is 29.0. The predicted molar refractivity (Wildman–Crippen MR) is 249 cm³/mol. The summed E-state index contributed by atoms with van der Waals surface area (Å²) in [7, 11) is 0. The molecular weight excluding hydrogens is 713 g/mol. The van der Waals surface area contributed by atoms with E-state index in [0.29, 0.717) is 0 Å². The molecule has 0 amide bonds. The van der Waals surface area contributed by atoms with Gasteiger partial charge in [-0.05, 0) is 116 Å². The van der Waals surface area contributed by atoms with Gasteiger partial charge in [0.15, 0.2) is 0 Å². The van der Waals surface area contributed by atoms with Crippen molar-refractivity contribution in [3.05, 3.63) is 230 Å². The van der Waals surface area contributed by atoms with E-state index in [0.717, 1.165) is 17.1 Å². The molecule has 0 unspecified atom stereocenters. The second-order valence-electron chi connectivity index (χ2n) is 16.2. The van der Waals surface area contributed by atoms with Crippen molar-refractivity contribution < 1.29 is 0 Å². The van der Waals surface area contributed by atoms with E-state index in [1.165, 1.54) is 83.1 Å². The highest BCUT2D eigenvalue weighted by Gasteiger charge is 2.38. The zero-order chi connectivity index (χ0) is 39.5. The molecule has 0 saturated carbocycles. The Morgan fingerprint density at radius 1 is 0.373 bits per heavy atom. The Kier molecular flexibility index (Phi) is 8.20. The number of hydrogen-bond donors (Lipinski definition) is 0. The summed E-state index contributed by atoms with van der Waals surface area (Å²) in [4.78, 5) is 2.46. The third-order valence-electron chi connectivity index (χ3n) is 12.4. The fourth-order valence-corrected chi connectivity index (χ4v) is 9.57. The van der Waals surface area contributed by atoms with E-state index in [2.05, 4.69) is 242 Å². The average molecular weight is 755 g/mol. The predicted octanol–water partition coefficient (Wildman–Crippen LogP) is 15.6. The number of rotatable bonds is 7. The average Bonchev–Trinajstić information content (AvgIpc) is 3.76. The van der Waals surface area contributed by atoms with Crippen LogP contribution in [0.15, 0.2) is 218 Å². The smallest absolute Gasteiger partial charge is 0.0547 e. The van der Waals surface area contributed by atoms with Crippen molar-refractivity contribution in [3.63, 3.8) is 0 Å². The first kappa shape index (κ1) is 34.8. The van der Waals surface area contributed by atoms with Crippen LogP contribution in [0.25, 0.3) is 72.0 Å². The number of para-hydroxylation sites is 2. The fraction of sp³-hybridized carbons (Fsp3) is 0.0526. The monoisotopic (exact) mass is 754 g/mol. The number of fused-ring (bicyclic) bond motifs is 6. The van der Waals surface area contributed by atoms with Crippen molar-refractivity contribution in [3.8, 4) is 50.2 Å². The molecule has 0 N–H and O–H groups in total. The van der Waals surface area contributed by atoms with Gasteiger partial charge in [-0.1, -0.05) is 172 Å². The molecule has 10 aromatic rings. The molecule has 1 heterocycles. The van der Waals surface area contributed by atoms with Crippen LogP contribution in [0.5, 0.6) is 0 Å². The lowest BCUT2D eigenvalue weighted by Crippen LogP contribution is -2.20. The van der Waals surface area contributed by atoms with Crippen LogP contribution >= 0.6 is 0 Å². The zero-order valence-electron chi connectivity index (χ0n) is 33.2.